The summed E-state index contributed by atoms with van der Waals surface area (Å²) in [6, 6.07) is 1.23. The minimum absolute atomic E-state index is 0.330. The van der Waals surface area contributed by atoms with Crippen molar-refractivity contribution < 1.29 is 0 Å². The van der Waals surface area contributed by atoms with E-state index in [0.29, 0.717) is 17.5 Å². The fourth-order valence-corrected chi connectivity index (χ4v) is 1.58. The van der Waals surface area contributed by atoms with Crippen LogP contribution < -0.4 is 5.32 Å². The largest absolute Gasteiger partial charge is 0.315 e. The van der Waals surface area contributed by atoms with Crippen LogP contribution in [0.1, 0.15) is 41.0 Å². The van der Waals surface area contributed by atoms with E-state index in [9.17, 15) is 0 Å². The van der Waals surface area contributed by atoms with Gasteiger partial charge in [-0.1, -0.05) is 27.7 Å². The van der Waals surface area contributed by atoms with E-state index in [4.69, 9.17) is 0 Å². The van der Waals surface area contributed by atoms with Crippen molar-refractivity contribution in [3.8, 4) is 0 Å². The quantitative estimate of drug-likeness (QED) is 0.733. The van der Waals surface area contributed by atoms with Crippen molar-refractivity contribution in [3.05, 3.63) is 0 Å². The monoisotopic (exact) mass is 200 g/mol. The van der Waals surface area contributed by atoms with Crippen LogP contribution in [0, 0.1) is 5.41 Å². The van der Waals surface area contributed by atoms with Crippen LogP contribution in [-0.2, 0) is 0 Å². The van der Waals surface area contributed by atoms with Crippen LogP contribution in [0.5, 0.6) is 0 Å². The first-order valence-corrected chi connectivity index (χ1v) is 5.70. The molecule has 0 heterocycles. The normalized spacial score (nSPS) is 17.1. The van der Waals surface area contributed by atoms with Gasteiger partial charge in [0, 0.05) is 18.6 Å². The van der Waals surface area contributed by atoms with Gasteiger partial charge in [0.15, 0.2) is 0 Å². The number of rotatable bonds is 5. The number of likely N-dealkylation sites (N-methyl/N-ethyl adjacent to an activating group) is 2. The molecule has 86 valence electrons. The Morgan fingerprint density at radius 3 is 2.07 bits per heavy atom. The average Bonchev–Trinajstić information content (AvgIpc) is 2.10. The molecular formula is C12H28N2. The maximum atomic E-state index is 3.41. The molecule has 0 aromatic rings. The van der Waals surface area contributed by atoms with Crippen molar-refractivity contribution in [2.75, 3.05) is 20.6 Å². The molecule has 0 saturated heterocycles. The van der Waals surface area contributed by atoms with Crippen LogP contribution in [0.25, 0.3) is 0 Å². The Labute approximate surface area is 90.1 Å². The molecule has 0 aliphatic heterocycles. The molecule has 0 bridgehead atoms. The fourth-order valence-electron chi connectivity index (χ4n) is 1.58. The molecule has 0 aliphatic carbocycles. The summed E-state index contributed by atoms with van der Waals surface area (Å²) in [5.41, 5.74) is 0.330. The van der Waals surface area contributed by atoms with Crippen LogP contribution in [0.4, 0.5) is 0 Å². The lowest BCUT2D eigenvalue weighted by Crippen LogP contribution is -2.48. The van der Waals surface area contributed by atoms with Crippen LogP contribution in [0.2, 0.25) is 0 Å². The van der Waals surface area contributed by atoms with Gasteiger partial charge in [0.05, 0.1) is 0 Å². The molecule has 0 radical (unpaired) electrons. The first kappa shape index (κ1) is 13.9. The zero-order chi connectivity index (χ0) is 11.4. The van der Waals surface area contributed by atoms with Gasteiger partial charge in [0.1, 0.15) is 0 Å². The van der Waals surface area contributed by atoms with Gasteiger partial charge in [-0.05, 0) is 32.9 Å². The van der Waals surface area contributed by atoms with Crippen molar-refractivity contribution in [1.82, 2.24) is 10.2 Å². The Kier molecular flexibility index (Phi) is 5.68. The van der Waals surface area contributed by atoms with Gasteiger partial charge in [-0.3, -0.25) is 0 Å². The standard InChI is InChI=1S/C12H28N2/c1-8-10(2)14(7)9-11(13-6)12(3,4)5/h10-11,13H,8-9H2,1-7H3. The van der Waals surface area contributed by atoms with Crippen LogP contribution >= 0.6 is 0 Å². The fraction of sp³-hybridized carbons (Fsp3) is 1.00. The number of nitrogens with one attached hydrogen (secondary N) is 1. The third-order valence-electron chi connectivity index (χ3n) is 3.21. The molecule has 2 heteroatoms. The minimum atomic E-state index is 0.330. The summed E-state index contributed by atoms with van der Waals surface area (Å²) in [6.45, 7) is 12.5. The van der Waals surface area contributed by atoms with E-state index < -0.39 is 0 Å². The molecule has 0 saturated carbocycles. The second-order valence-electron chi connectivity index (χ2n) is 5.40. The number of hydrogen-bond donors (Lipinski definition) is 1. The third-order valence-corrected chi connectivity index (χ3v) is 3.21. The number of hydrogen-bond acceptors (Lipinski definition) is 2. The summed E-state index contributed by atoms with van der Waals surface area (Å²) in [4.78, 5) is 2.44. The predicted molar refractivity (Wildman–Crippen MR) is 64.7 cm³/mol. The summed E-state index contributed by atoms with van der Waals surface area (Å²) in [5, 5.41) is 3.41. The molecule has 0 rings (SSSR count). The van der Waals surface area contributed by atoms with E-state index in [-0.39, 0.29) is 0 Å². The van der Waals surface area contributed by atoms with Crippen LogP contribution in [0.3, 0.4) is 0 Å². The molecule has 2 nitrogen and oxygen atoms in total. The highest BCUT2D eigenvalue weighted by Gasteiger charge is 2.24. The molecule has 0 spiro atoms. The van der Waals surface area contributed by atoms with Gasteiger partial charge < -0.3 is 10.2 Å². The minimum Gasteiger partial charge on any atom is -0.315 e. The Morgan fingerprint density at radius 2 is 1.79 bits per heavy atom. The van der Waals surface area contributed by atoms with E-state index >= 15 is 0 Å². The molecule has 14 heavy (non-hydrogen) atoms. The SMILES string of the molecule is CCC(C)N(C)CC(NC)C(C)(C)C. The Hall–Kier alpha value is -0.0800. The summed E-state index contributed by atoms with van der Waals surface area (Å²) in [6.07, 6.45) is 1.22. The maximum absolute atomic E-state index is 3.41. The molecule has 2 atom stereocenters. The van der Waals surface area contributed by atoms with Crippen molar-refractivity contribution in [1.29, 1.82) is 0 Å². The van der Waals surface area contributed by atoms with E-state index in [1.165, 1.54) is 6.42 Å². The van der Waals surface area contributed by atoms with E-state index in [1.807, 2.05) is 0 Å². The predicted octanol–water partition coefficient (Wildman–Crippen LogP) is 2.35. The molecule has 0 fully saturated rings. The van der Waals surface area contributed by atoms with E-state index in [2.05, 4.69) is 58.9 Å². The van der Waals surface area contributed by atoms with Crippen molar-refractivity contribution in [2.45, 2.75) is 53.1 Å². The third kappa shape index (κ3) is 4.43. The summed E-state index contributed by atoms with van der Waals surface area (Å²) < 4.78 is 0. The average molecular weight is 200 g/mol. The zero-order valence-corrected chi connectivity index (χ0v) is 11.0. The van der Waals surface area contributed by atoms with Crippen molar-refractivity contribution in [2.24, 2.45) is 5.41 Å². The van der Waals surface area contributed by atoms with Crippen LogP contribution in [-0.4, -0.2) is 37.6 Å². The lowest BCUT2D eigenvalue weighted by molar-refractivity contribution is 0.169. The first-order chi connectivity index (χ1) is 6.32. The molecular weight excluding hydrogens is 172 g/mol. The highest BCUT2D eigenvalue weighted by molar-refractivity contribution is 4.82. The van der Waals surface area contributed by atoms with Gasteiger partial charge >= 0.3 is 0 Å². The van der Waals surface area contributed by atoms with Crippen molar-refractivity contribution >= 4 is 0 Å². The maximum Gasteiger partial charge on any atom is 0.0240 e. The summed E-state index contributed by atoms with van der Waals surface area (Å²) in [7, 11) is 4.27. The van der Waals surface area contributed by atoms with Gasteiger partial charge in [-0.25, -0.2) is 0 Å². The lowest BCUT2D eigenvalue weighted by atomic mass is 9.86. The second kappa shape index (κ2) is 5.72. The van der Waals surface area contributed by atoms with Gasteiger partial charge in [0.25, 0.3) is 0 Å². The molecule has 0 aromatic carbocycles. The number of nitrogens with zero attached hydrogens (tertiary/aromatic N) is 1. The van der Waals surface area contributed by atoms with Gasteiger partial charge in [-0.2, -0.15) is 0 Å². The Bertz CT molecular complexity index is 149. The van der Waals surface area contributed by atoms with Gasteiger partial charge in [0.2, 0.25) is 0 Å². The Balaban J connectivity index is 4.19. The van der Waals surface area contributed by atoms with Crippen LogP contribution in [0.15, 0.2) is 0 Å². The smallest absolute Gasteiger partial charge is 0.0240 e. The van der Waals surface area contributed by atoms with E-state index in [1.54, 1.807) is 0 Å². The zero-order valence-electron chi connectivity index (χ0n) is 11.0. The van der Waals surface area contributed by atoms with Crippen molar-refractivity contribution in [3.63, 3.8) is 0 Å². The molecule has 2 unspecified atom stereocenters. The lowest BCUT2D eigenvalue weighted by Gasteiger charge is -2.35. The molecule has 1 N–H and O–H groups in total. The topological polar surface area (TPSA) is 15.3 Å². The molecule has 0 amide bonds. The van der Waals surface area contributed by atoms with Gasteiger partial charge in [-0.15, -0.1) is 0 Å². The molecule has 0 aromatic heterocycles. The summed E-state index contributed by atoms with van der Waals surface area (Å²) in [5.74, 6) is 0. The second-order valence-corrected chi connectivity index (χ2v) is 5.40. The highest BCUT2D eigenvalue weighted by Crippen LogP contribution is 2.20. The van der Waals surface area contributed by atoms with E-state index in [0.717, 1.165) is 6.54 Å². The molecule has 0 aliphatic rings. The first-order valence-electron chi connectivity index (χ1n) is 5.70. The highest BCUT2D eigenvalue weighted by atomic mass is 15.1. The Morgan fingerprint density at radius 1 is 1.29 bits per heavy atom. The summed E-state index contributed by atoms with van der Waals surface area (Å²) >= 11 is 0.